The minimum absolute atomic E-state index is 0.172. The van der Waals surface area contributed by atoms with Crippen molar-refractivity contribution in [1.29, 1.82) is 0 Å². The number of thiophene rings is 1. The van der Waals surface area contributed by atoms with Crippen molar-refractivity contribution < 1.29 is 14.8 Å². The first-order chi connectivity index (χ1) is 12.7. The molecule has 26 heavy (non-hydrogen) atoms. The molecule has 4 rings (SSSR count). The van der Waals surface area contributed by atoms with Crippen molar-refractivity contribution in [2.24, 2.45) is 0 Å². The molecule has 1 saturated heterocycles. The predicted molar refractivity (Wildman–Crippen MR) is 101 cm³/mol. The third-order valence-electron chi connectivity index (χ3n) is 5.47. The third kappa shape index (κ3) is 3.39. The van der Waals surface area contributed by atoms with E-state index in [-0.39, 0.29) is 18.3 Å². The van der Waals surface area contributed by atoms with E-state index >= 15 is 0 Å². The normalized spacial score (nSPS) is 21.1. The fourth-order valence-electron chi connectivity index (χ4n) is 4.06. The molecule has 0 aromatic carbocycles. The molecular weight excluding hydrogens is 348 g/mol. The third-order valence-corrected chi connectivity index (χ3v) is 6.50. The second-order valence-electron chi connectivity index (χ2n) is 7.19. The molecule has 2 aromatic heterocycles. The fourth-order valence-corrected chi connectivity index (χ4v) is 4.89. The Morgan fingerprint density at radius 2 is 2.12 bits per heavy atom. The Bertz CT molecular complexity index is 785. The van der Waals surface area contributed by atoms with Gasteiger partial charge in [-0.25, -0.2) is 9.97 Å². The number of anilines is 1. The van der Waals surface area contributed by atoms with Crippen molar-refractivity contribution in [2.45, 2.75) is 25.7 Å². The number of hydrogen-bond acceptors (Lipinski definition) is 6. The second-order valence-corrected chi connectivity index (χ2v) is 8.16. The lowest BCUT2D eigenvalue weighted by Gasteiger charge is -2.33. The lowest BCUT2D eigenvalue weighted by atomic mass is 9.84. The number of ketones is 1. The Hall–Kier alpha value is -1.83. The van der Waals surface area contributed by atoms with Crippen LogP contribution in [0.1, 0.15) is 39.0 Å². The van der Waals surface area contributed by atoms with E-state index in [9.17, 15) is 4.79 Å². The van der Waals surface area contributed by atoms with Crippen LogP contribution in [0.5, 0.6) is 0 Å². The summed E-state index contributed by atoms with van der Waals surface area (Å²) in [4.78, 5) is 27.1. The van der Waals surface area contributed by atoms with Gasteiger partial charge in [0.25, 0.3) is 0 Å². The Morgan fingerprint density at radius 1 is 1.31 bits per heavy atom. The topological polar surface area (TPSA) is 70.8 Å². The number of fused-ring (bicyclic) bond motifs is 1. The number of piperazine rings is 1. The summed E-state index contributed by atoms with van der Waals surface area (Å²) in [6.07, 6.45) is 1.37. The van der Waals surface area contributed by atoms with Crippen molar-refractivity contribution in [3.63, 3.8) is 0 Å². The molecule has 1 aliphatic carbocycles. The molecule has 1 fully saturated rings. The minimum atomic E-state index is 0.172. The summed E-state index contributed by atoms with van der Waals surface area (Å²) in [5, 5.41) is 11.2. The first kappa shape index (κ1) is 17.6. The highest BCUT2D eigenvalue weighted by Gasteiger charge is 2.31. The number of rotatable bonds is 4. The second kappa shape index (κ2) is 7.42. The molecule has 0 unspecified atom stereocenters. The molecule has 0 saturated carbocycles. The van der Waals surface area contributed by atoms with Gasteiger partial charge >= 0.3 is 0 Å². The monoisotopic (exact) mass is 373 g/mol. The molecule has 1 atom stereocenters. The minimum Gasteiger partial charge on any atom is -0.391 e. The average molecular weight is 374 g/mol. The van der Waals surface area contributed by atoms with Crippen molar-refractivity contribution in [3.8, 4) is 0 Å². The Kier molecular flexibility index (Phi) is 5.02. The predicted octanol–water partition coefficient (Wildman–Crippen LogP) is 0.456. The summed E-state index contributed by atoms with van der Waals surface area (Å²) in [5.41, 5.74) is 2.46. The first-order valence-corrected chi connectivity index (χ1v) is 10.2. The number of Topliss-reactive ketones (excluding diaryl/α,β-unsaturated/α-hetero) is 1. The summed E-state index contributed by atoms with van der Waals surface area (Å²) in [7, 11) is 0. The largest absolute Gasteiger partial charge is 0.391 e. The summed E-state index contributed by atoms with van der Waals surface area (Å²) in [6, 6.07) is 4.16. The zero-order chi connectivity index (χ0) is 18.1. The summed E-state index contributed by atoms with van der Waals surface area (Å²) in [6.45, 7) is 6.70. The highest BCUT2D eigenvalue weighted by molar-refractivity contribution is 7.10. The van der Waals surface area contributed by atoms with Crippen LogP contribution in [0.15, 0.2) is 17.5 Å². The Balaban J connectivity index is 1.57. The zero-order valence-corrected chi connectivity index (χ0v) is 15.9. The van der Waals surface area contributed by atoms with Crippen LogP contribution in [0.3, 0.4) is 0 Å². The van der Waals surface area contributed by atoms with Crippen LogP contribution in [0.2, 0.25) is 0 Å². The van der Waals surface area contributed by atoms with Gasteiger partial charge in [0.15, 0.2) is 5.78 Å². The van der Waals surface area contributed by atoms with Gasteiger partial charge in [-0.1, -0.05) is 6.07 Å². The molecule has 1 aliphatic heterocycles. The number of aliphatic hydroxyl groups excluding tert-OH is 1. The van der Waals surface area contributed by atoms with Gasteiger partial charge in [0.05, 0.1) is 49.7 Å². The smallest absolute Gasteiger partial charge is 0.226 e. The van der Waals surface area contributed by atoms with Gasteiger partial charge in [0.2, 0.25) is 5.95 Å². The maximum Gasteiger partial charge on any atom is 0.226 e. The van der Waals surface area contributed by atoms with E-state index in [0.717, 1.165) is 62.0 Å². The van der Waals surface area contributed by atoms with Crippen molar-refractivity contribution in [3.05, 3.63) is 39.3 Å². The van der Waals surface area contributed by atoms with E-state index in [2.05, 4.69) is 21.3 Å². The van der Waals surface area contributed by atoms with Crippen LogP contribution in [0.4, 0.5) is 5.95 Å². The van der Waals surface area contributed by atoms with Crippen LogP contribution in [-0.4, -0.2) is 60.2 Å². The van der Waals surface area contributed by atoms with E-state index in [0.29, 0.717) is 6.42 Å². The van der Waals surface area contributed by atoms with E-state index in [4.69, 9.17) is 10.1 Å². The number of aromatic nitrogens is 2. The molecule has 2 aliphatic rings. The van der Waals surface area contributed by atoms with Crippen LogP contribution >= 0.6 is 11.3 Å². The summed E-state index contributed by atoms with van der Waals surface area (Å²) in [5.74, 6) is 1.16. The molecule has 2 N–H and O–H groups in total. The Labute approximate surface area is 157 Å². The quantitative estimate of drug-likeness (QED) is 0.815. The van der Waals surface area contributed by atoms with Crippen LogP contribution in [0.25, 0.3) is 0 Å². The van der Waals surface area contributed by atoms with Gasteiger partial charge in [-0.3, -0.25) is 4.79 Å². The Morgan fingerprint density at radius 3 is 2.81 bits per heavy atom. The number of hydrogen-bond donors (Lipinski definition) is 2. The number of nitrogens with zero attached hydrogens (tertiary/aromatic N) is 3. The molecule has 0 bridgehead atoms. The number of carbonyl (C=O) groups is 1. The van der Waals surface area contributed by atoms with Gasteiger partial charge in [-0.15, -0.1) is 11.3 Å². The molecule has 2 aromatic rings. The standard InChI is InChI=1S/C19H24N4O2S/c1-13-18-15(11-14(12-16(18)25)17-3-2-10-26-17)21-19(20-13)23-6-4-22(5-7-23)8-9-24/h2-3,10,14,24H,4-9,11-12H2,1H3/p+1/t14-/m1/s1. The van der Waals surface area contributed by atoms with Crippen LogP contribution < -0.4 is 9.80 Å². The highest BCUT2D eigenvalue weighted by Crippen LogP contribution is 2.35. The van der Waals surface area contributed by atoms with E-state index in [1.165, 1.54) is 9.78 Å². The van der Waals surface area contributed by atoms with Crippen molar-refractivity contribution in [1.82, 2.24) is 9.97 Å². The van der Waals surface area contributed by atoms with Crippen molar-refractivity contribution in [2.75, 3.05) is 44.2 Å². The number of carbonyl (C=O) groups excluding carboxylic acids is 1. The van der Waals surface area contributed by atoms with E-state index in [1.807, 2.05) is 13.0 Å². The van der Waals surface area contributed by atoms with Crippen molar-refractivity contribution >= 4 is 23.1 Å². The van der Waals surface area contributed by atoms with Crippen LogP contribution in [0, 0.1) is 6.92 Å². The summed E-state index contributed by atoms with van der Waals surface area (Å²) >= 11 is 1.72. The number of aryl methyl sites for hydroxylation is 1. The molecule has 0 amide bonds. The maximum atomic E-state index is 12.7. The molecule has 0 radical (unpaired) electrons. The lowest BCUT2D eigenvalue weighted by molar-refractivity contribution is -0.900. The zero-order valence-electron chi connectivity index (χ0n) is 15.1. The van der Waals surface area contributed by atoms with E-state index < -0.39 is 0 Å². The fraction of sp³-hybridized carbons (Fsp3) is 0.526. The molecule has 7 heteroatoms. The molecule has 0 spiro atoms. The SMILES string of the molecule is Cc1nc(N2CC[NH+](CCO)CC2)nc2c1C(=O)C[C@H](c1cccs1)C2. The average Bonchev–Trinajstić information content (AvgIpc) is 3.16. The summed E-state index contributed by atoms with van der Waals surface area (Å²) < 4.78 is 0. The van der Waals surface area contributed by atoms with Crippen LogP contribution in [-0.2, 0) is 6.42 Å². The number of quaternary nitrogens is 1. The van der Waals surface area contributed by atoms with Gasteiger partial charge in [0.1, 0.15) is 6.54 Å². The molecule has 3 heterocycles. The van der Waals surface area contributed by atoms with E-state index in [1.54, 1.807) is 11.3 Å². The number of aliphatic hydroxyl groups is 1. The van der Waals surface area contributed by atoms with Gasteiger partial charge in [-0.05, 0) is 24.8 Å². The first-order valence-electron chi connectivity index (χ1n) is 9.29. The molecule has 6 nitrogen and oxygen atoms in total. The lowest BCUT2D eigenvalue weighted by Crippen LogP contribution is -3.15. The van der Waals surface area contributed by atoms with Gasteiger partial charge in [-0.2, -0.15) is 0 Å². The molecule has 138 valence electrons. The molecular formula is C19H25N4O2S+. The number of nitrogens with one attached hydrogen (secondary N) is 1. The van der Waals surface area contributed by atoms with Gasteiger partial charge in [0, 0.05) is 17.2 Å². The highest BCUT2D eigenvalue weighted by atomic mass is 32.1. The maximum absolute atomic E-state index is 12.7. The van der Waals surface area contributed by atoms with Gasteiger partial charge < -0.3 is 14.9 Å².